The molecule has 2 aromatic rings. The molecule has 0 aliphatic carbocycles. The van der Waals surface area contributed by atoms with Crippen molar-refractivity contribution in [1.29, 1.82) is 0 Å². The van der Waals surface area contributed by atoms with Gasteiger partial charge in [0.25, 0.3) is 0 Å². The third kappa shape index (κ3) is 4.27. The first-order valence-electron chi connectivity index (χ1n) is 9.28. The Morgan fingerprint density at radius 2 is 1.53 bits per heavy atom. The molecular weight excluding hydrogens is 392 g/mol. The van der Waals surface area contributed by atoms with Crippen LogP contribution in [0.4, 0.5) is 0 Å². The van der Waals surface area contributed by atoms with Crippen molar-refractivity contribution < 1.29 is 38.0 Å². The summed E-state index contributed by atoms with van der Waals surface area (Å²) in [6, 6.07) is 10.4. The molecule has 1 aliphatic heterocycles. The van der Waals surface area contributed by atoms with Crippen LogP contribution < -0.4 is 18.9 Å². The SMILES string of the molecule is COc1ccc2c(c1)O[C@H](c1ccc(OC)c(OC)c1)[C@H](OC(C)=O)[C@@H]2OC(C)=O. The molecule has 0 unspecified atom stereocenters. The van der Waals surface area contributed by atoms with E-state index in [1.165, 1.54) is 28.1 Å². The highest BCUT2D eigenvalue weighted by Gasteiger charge is 2.44. The number of methoxy groups -OCH3 is 3. The standard InChI is InChI=1S/C22H24O8/c1-12(23)28-21-16-8-7-15(25-3)11-18(16)30-20(22(21)29-13(2)24)14-6-9-17(26-4)19(10-14)27-5/h6-11,20-22H,1-5H3/t20-,21-,22+/m1/s1. The number of esters is 2. The summed E-state index contributed by atoms with van der Waals surface area (Å²) in [4.78, 5) is 23.7. The zero-order valence-electron chi connectivity index (χ0n) is 17.5. The largest absolute Gasteiger partial charge is 0.497 e. The van der Waals surface area contributed by atoms with E-state index < -0.39 is 30.3 Å². The number of fused-ring (bicyclic) bond motifs is 1. The fourth-order valence-electron chi connectivity index (χ4n) is 3.43. The molecule has 0 aromatic heterocycles. The van der Waals surface area contributed by atoms with Gasteiger partial charge >= 0.3 is 11.9 Å². The second-order valence-corrected chi connectivity index (χ2v) is 6.66. The molecule has 0 saturated carbocycles. The lowest BCUT2D eigenvalue weighted by atomic mass is 9.91. The van der Waals surface area contributed by atoms with Crippen molar-refractivity contribution in [3.05, 3.63) is 47.5 Å². The molecule has 0 spiro atoms. The quantitative estimate of drug-likeness (QED) is 0.662. The van der Waals surface area contributed by atoms with Crippen molar-refractivity contribution in [2.45, 2.75) is 32.2 Å². The van der Waals surface area contributed by atoms with Crippen LogP contribution in [0.15, 0.2) is 36.4 Å². The van der Waals surface area contributed by atoms with Crippen molar-refractivity contribution in [3.63, 3.8) is 0 Å². The molecule has 0 saturated heterocycles. The van der Waals surface area contributed by atoms with Crippen LogP contribution in [0.3, 0.4) is 0 Å². The maximum Gasteiger partial charge on any atom is 0.303 e. The van der Waals surface area contributed by atoms with E-state index in [1.54, 1.807) is 43.5 Å². The maximum atomic E-state index is 11.9. The summed E-state index contributed by atoms with van der Waals surface area (Å²) in [6.45, 7) is 2.59. The Kier molecular flexibility index (Phi) is 6.34. The molecule has 0 amide bonds. The van der Waals surface area contributed by atoms with Gasteiger partial charge in [-0.3, -0.25) is 9.59 Å². The summed E-state index contributed by atoms with van der Waals surface area (Å²) in [5.74, 6) is 1.03. The van der Waals surface area contributed by atoms with Gasteiger partial charge in [-0.15, -0.1) is 0 Å². The first kappa shape index (κ1) is 21.3. The predicted molar refractivity (Wildman–Crippen MR) is 106 cm³/mol. The molecule has 2 aromatic carbocycles. The second kappa shape index (κ2) is 8.94. The fourth-order valence-corrected chi connectivity index (χ4v) is 3.43. The lowest BCUT2D eigenvalue weighted by molar-refractivity contribution is -0.178. The van der Waals surface area contributed by atoms with Gasteiger partial charge in [-0.1, -0.05) is 6.07 Å². The monoisotopic (exact) mass is 416 g/mol. The molecule has 160 valence electrons. The van der Waals surface area contributed by atoms with Crippen molar-refractivity contribution >= 4 is 11.9 Å². The van der Waals surface area contributed by atoms with Gasteiger partial charge in [0, 0.05) is 31.0 Å². The number of hydrogen-bond donors (Lipinski definition) is 0. The van der Waals surface area contributed by atoms with Gasteiger partial charge in [0.05, 0.1) is 21.3 Å². The summed E-state index contributed by atoms with van der Waals surface area (Å²) in [5.41, 5.74) is 1.23. The zero-order valence-corrected chi connectivity index (χ0v) is 17.5. The average Bonchev–Trinajstić information content (AvgIpc) is 2.73. The molecule has 30 heavy (non-hydrogen) atoms. The summed E-state index contributed by atoms with van der Waals surface area (Å²) in [7, 11) is 4.60. The van der Waals surface area contributed by atoms with Crippen molar-refractivity contribution in [2.24, 2.45) is 0 Å². The van der Waals surface area contributed by atoms with E-state index in [0.29, 0.717) is 34.1 Å². The number of benzene rings is 2. The Hall–Kier alpha value is -3.42. The molecule has 1 aliphatic rings. The van der Waals surface area contributed by atoms with Crippen LogP contribution in [0.1, 0.15) is 37.2 Å². The maximum absolute atomic E-state index is 11.9. The van der Waals surface area contributed by atoms with Crippen molar-refractivity contribution in [1.82, 2.24) is 0 Å². The number of ether oxygens (including phenoxy) is 6. The molecule has 1 heterocycles. The van der Waals surface area contributed by atoms with Crippen LogP contribution in [0, 0.1) is 0 Å². The minimum absolute atomic E-state index is 0.462. The van der Waals surface area contributed by atoms with Gasteiger partial charge in [-0.05, 0) is 24.3 Å². The highest BCUT2D eigenvalue weighted by atomic mass is 16.6. The number of carbonyl (C=O) groups is 2. The second-order valence-electron chi connectivity index (χ2n) is 6.66. The lowest BCUT2D eigenvalue weighted by Crippen LogP contribution is -2.39. The molecule has 0 N–H and O–H groups in total. The van der Waals surface area contributed by atoms with Crippen LogP contribution in [0.2, 0.25) is 0 Å². The first-order chi connectivity index (χ1) is 14.4. The molecule has 3 rings (SSSR count). The topological polar surface area (TPSA) is 89.5 Å². The van der Waals surface area contributed by atoms with Crippen LogP contribution >= 0.6 is 0 Å². The smallest absolute Gasteiger partial charge is 0.303 e. The van der Waals surface area contributed by atoms with Crippen LogP contribution in [-0.2, 0) is 19.1 Å². The van der Waals surface area contributed by atoms with Crippen molar-refractivity contribution in [2.75, 3.05) is 21.3 Å². The number of carbonyl (C=O) groups excluding carboxylic acids is 2. The van der Waals surface area contributed by atoms with Gasteiger partial charge in [0.2, 0.25) is 0 Å². The van der Waals surface area contributed by atoms with Gasteiger partial charge < -0.3 is 28.4 Å². The van der Waals surface area contributed by atoms with E-state index in [4.69, 9.17) is 28.4 Å². The number of hydrogen-bond acceptors (Lipinski definition) is 8. The average molecular weight is 416 g/mol. The van der Waals surface area contributed by atoms with Crippen LogP contribution in [0.25, 0.3) is 0 Å². The van der Waals surface area contributed by atoms with E-state index in [2.05, 4.69) is 0 Å². The van der Waals surface area contributed by atoms with E-state index in [9.17, 15) is 9.59 Å². The predicted octanol–water partition coefficient (Wildman–Crippen LogP) is 3.38. The van der Waals surface area contributed by atoms with Gasteiger partial charge in [0.1, 0.15) is 11.5 Å². The molecule has 8 heteroatoms. The Labute approximate surface area is 174 Å². The third-order valence-corrected chi connectivity index (χ3v) is 4.71. The lowest BCUT2D eigenvalue weighted by Gasteiger charge is -2.38. The Balaban J connectivity index is 2.14. The highest BCUT2D eigenvalue weighted by Crippen LogP contribution is 2.46. The summed E-state index contributed by atoms with van der Waals surface area (Å²) in [5, 5.41) is 0. The van der Waals surface area contributed by atoms with Crippen molar-refractivity contribution in [3.8, 4) is 23.0 Å². The van der Waals surface area contributed by atoms with E-state index >= 15 is 0 Å². The molecule has 0 fully saturated rings. The molecule has 0 radical (unpaired) electrons. The molecule has 8 nitrogen and oxygen atoms in total. The Bertz CT molecular complexity index is 939. The van der Waals surface area contributed by atoms with E-state index in [-0.39, 0.29) is 0 Å². The molecular formula is C22H24O8. The van der Waals surface area contributed by atoms with E-state index in [0.717, 1.165) is 0 Å². The minimum Gasteiger partial charge on any atom is -0.497 e. The Morgan fingerprint density at radius 3 is 2.13 bits per heavy atom. The Morgan fingerprint density at radius 1 is 0.833 bits per heavy atom. The first-order valence-corrected chi connectivity index (χ1v) is 9.28. The summed E-state index contributed by atoms with van der Waals surface area (Å²) in [6.07, 6.45) is -2.54. The minimum atomic E-state index is -0.912. The zero-order chi connectivity index (χ0) is 21.8. The highest BCUT2D eigenvalue weighted by molar-refractivity contribution is 5.68. The molecule has 0 bridgehead atoms. The van der Waals surface area contributed by atoms with Gasteiger partial charge in [-0.25, -0.2) is 0 Å². The van der Waals surface area contributed by atoms with Gasteiger partial charge in [0.15, 0.2) is 29.8 Å². The van der Waals surface area contributed by atoms with Crippen LogP contribution in [0.5, 0.6) is 23.0 Å². The number of rotatable bonds is 6. The third-order valence-electron chi connectivity index (χ3n) is 4.71. The summed E-state index contributed by atoms with van der Waals surface area (Å²) < 4.78 is 33.3. The van der Waals surface area contributed by atoms with E-state index in [1.807, 2.05) is 0 Å². The molecule has 3 atom stereocenters. The van der Waals surface area contributed by atoms with Gasteiger partial charge in [-0.2, -0.15) is 0 Å². The normalized spacial score (nSPS) is 19.7. The fraction of sp³-hybridized carbons (Fsp3) is 0.364. The summed E-state index contributed by atoms with van der Waals surface area (Å²) >= 11 is 0. The van der Waals surface area contributed by atoms with Crippen LogP contribution in [-0.4, -0.2) is 39.4 Å².